The molecule has 5 aliphatic rings. The van der Waals surface area contributed by atoms with E-state index < -0.39 is 29.0 Å². The molecule has 1 unspecified atom stereocenters. The summed E-state index contributed by atoms with van der Waals surface area (Å²) in [6.45, 7) is 6.80. The van der Waals surface area contributed by atoms with Gasteiger partial charge in [0.15, 0.2) is 17.3 Å². The number of carbonyl (C=O) groups excluding carboxylic acids is 2. The van der Waals surface area contributed by atoms with Crippen LogP contribution in [0.25, 0.3) is 17.2 Å². The average molecular weight is 859 g/mol. The third-order valence-electron chi connectivity index (χ3n) is 13.6. The number of halogens is 4. The van der Waals surface area contributed by atoms with E-state index in [9.17, 15) is 32.7 Å². The van der Waals surface area contributed by atoms with Crippen LogP contribution in [-0.2, 0) is 34.1 Å². The van der Waals surface area contributed by atoms with Crippen molar-refractivity contribution in [3.05, 3.63) is 92.4 Å². The first kappa shape index (κ1) is 39.5. The molecule has 3 aromatic heterocycles. The van der Waals surface area contributed by atoms with E-state index in [1.54, 1.807) is 16.4 Å². The summed E-state index contributed by atoms with van der Waals surface area (Å²) < 4.78 is 48.5. The molecule has 1 spiro atoms. The third-order valence-corrected chi connectivity index (χ3v) is 13.9. The van der Waals surface area contributed by atoms with Crippen molar-refractivity contribution in [1.29, 1.82) is 0 Å². The highest BCUT2D eigenvalue weighted by Crippen LogP contribution is 2.57. The van der Waals surface area contributed by atoms with Crippen LogP contribution >= 0.6 is 11.6 Å². The molecule has 61 heavy (non-hydrogen) atoms. The molecule has 318 valence electrons. The number of amides is 2. The number of ether oxygens (including phenoxy) is 1. The van der Waals surface area contributed by atoms with Gasteiger partial charge in [-0.05, 0) is 87.4 Å². The second-order valence-corrected chi connectivity index (χ2v) is 17.1. The van der Waals surface area contributed by atoms with Crippen molar-refractivity contribution in [3.63, 3.8) is 0 Å². The molecule has 4 fully saturated rings. The van der Waals surface area contributed by atoms with Crippen LogP contribution in [-0.4, -0.2) is 114 Å². The molecule has 2 amide bonds. The molecule has 0 bridgehead atoms. The maximum absolute atomic E-state index is 14.9. The number of likely N-dealkylation sites (tertiary alicyclic amines) is 1. The number of carbonyl (C=O) groups is 2. The predicted molar refractivity (Wildman–Crippen MR) is 217 cm³/mol. The van der Waals surface area contributed by atoms with Crippen LogP contribution in [0.3, 0.4) is 0 Å². The molecular weight excluding hydrogens is 817 g/mol. The highest BCUT2D eigenvalue weighted by Gasteiger charge is 2.59. The van der Waals surface area contributed by atoms with Gasteiger partial charge in [0.05, 0.1) is 41.2 Å². The van der Waals surface area contributed by atoms with Crippen molar-refractivity contribution < 1.29 is 32.6 Å². The van der Waals surface area contributed by atoms with Crippen molar-refractivity contribution in [2.75, 3.05) is 56.2 Å². The van der Waals surface area contributed by atoms with E-state index in [0.29, 0.717) is 60.8 Å². The van der Waals surface area contributed by atoms with Crippen molar-refractivity contribution in [2.24, 2.45) is 5.92 Å². The lowest BCUT2D eigenvalue weighted by Crippen LogP contribution is -2.63. The first-order valence-electron chi connectivity index (χ1n) is 20.5. The highest BCUT2D eigenvalue weighted by molar-refractivity contribution is 6.33. The number of nitrogens with zero attached hydrogens (tertiary/aromatic N) is 9. The number of benzene rings is 2. The van der Waals surface area contributed by atoms with E-state index in [1.165, 1.54) is 10.8 Å². The Morgan fingerprint density at radius 1 is 1.02 bits per heavy atom. The number of hydrogen-bond acceptors (Lipinski definition) is 11. The number of hydrogen-bond donors (Lipinski definition) is 2. The SMILES string of the molecule is Cc1ncnc(C(=O)N2CCC3(CCc4c3c(=O)n3nc(-c5ccc(N6CCN(C7COC7)CC6)cc5)nc3n4CC(=O)Nc3ccc(C(F)(F)F)cc3Cl)[C@@H]3CC[C@@H]32)c1O. The van der Waals surface area contributed by atoms with Gasteiger partial charge in [0.25, 0.3) is 11.5 Å². The van der Waals surface area contributed by atoms with Gasteiger partial charge >= 0.3 is 6.18 Å². The van der Waals surface area contributed by atoms with Gasteiger partial charge in [-0.2, -0.15) is 22.7 Å². The highest BCUT2D eigenvalue weighted by atomic mass is 35.5. The van der Waals surface area contributed by atoms with Gasteiger partial charge in [-0.1, -0.05) is 11.6 Å². The lowest BCUT2D eigenvalue weighted by atomic mass is 9.56. The van der Waals surface area contributed by atoms with Crippen molar-refractivity contribution in [1.82, 2.24) is 38.9 Å². The molecule has 15 nitrogen and oxygen atoms in total. The number of nitrogens with one attached hydrogen (secondary N) is 1. The van der Waals surface area contributed by atoms with Crippen LogP contribution in [0.15, 0.2) is 53.6 Å². The quantitative estimate of drug-likeness (QED) is 0.233. The second kappa shape index (κ2) is 14.8. The molecule has 1 saturated carbocycles. The molecule has 3 atom stereocenters. The second-order valence-electron chi connectivity index (χ2n) is 16.7. The van der Waals surface area contributed by atoms with E-state index in [4.69, 9.17) is 26.4 Å². The number of piperidine rings is 1. The summed E-state index contributed by atoms with van der Waals surface area (Å²) in [6, 6.07) is 10.9. The van der Waals surface area contributed by atoms with Crippen LogP contribution in [0.4, 0.5) is 24.5 Å². The Hall–Kier alpha value is -5.59. The first-order chi connectivity index (χ1) is 29.3. The Morgan fingerprint density at radius 3 is 2.46 bits per heavy atom. The molecule has 19 heteroatoms. The van der Waals surface area contributed by atoms with Crippen LogP contribution in [0.1, 0.15) is 58.7 Å². The van der Waals surface area contributed by atoms with Crippen LogP contribution in [0.5, 0.6) is 5.75 Å². The van der Waals surface area contributed by atoms with Gasteiger partial charge in [0.1, 0.15) is 12.9 Å². The van der Waals surface area contributed by atoms with Gasteiger partial charge in [-0.25, -0.2) is 9.97 Å². The van der Waals surface area contributed by atoms with E-state index in [1.807, 2.05) is 24.3 Å². The molecule has 2 aromatic carbocycles. The summed E-state index contributed by atoms with van der Waals surface area (Å²) in [7, 11) is 0. The fraction of sp³-hybridized carbons (Fsp3) is 0.452. The minimum atomic E-state index is -4.61. The maximum Gasteiger partial charge on any atom is 0.416 e. The Kier molecular flexibility index (Phi) is 9.59. The standard InChI is InChI=1S/C42H42ClF3N10O5/c1-23-36(58)35(48-22-47-23)39(60)54-13-12-41(28-7-9-31(28)54)11-10-32-34(41)38(59)56-40(55(32)19-33(57)49-30-8-4-25(18-29(30)43)42(44,45)46)50-37(51-56)24-2-5-26(6-3-24)52-14-16-53(17-15-52)27-20-61-21-27/h2-6,8,18,22,27-28,31,58H,7,9-17,19-21H2,1H3,(H,49,57)/t28-,31+,41?/m1/s1. The predicted octanol–water partition coefficient (Wildman–Crippen LogP) is 4.70. The normalized spacial score (nSPS) is 22.8. The minimum absolute atomic E-state index is 0.00447. The smallest absolute Gasteiger partial charge is 0.416 e. The summed E-state index contributed by atoms with van der Waals surface area (Å²) in [5, 5.41) is 17.8. The maximum atomic E-state index is 14.9. The number of rotatable bonds is 7. The van der Waals surface area contributed by atoms with E-state index in [2.05, 4.69) is 25.1 Å². The molecule has 0 radical (unpaired) electrons. The topological polar surface area (TPSA) is 163 Å². The number of alkyl halides is 3. The molecule has 2 N–H and O–H groups in total. The number of aromatic nitrogens is 6. The van der Waals surface area contributed by atoms with Gasteiger partial charge < -0.3 is 29.5 Å². The summed E-state index contributed by atoms with van der Waals surface area (Å²) >= 11 is 6.23. The van der Waals surface area contributed by atoms with Crippen molar-refractivity contribution in [2.45, 2.75) is 69.2 Å². The van der Waals surface area contributed by atoms with Gasteiger partial charge in [0, 0.05) is 66.7 Å². The number of anilines is 2. The zero-order chi connectivity index (χ0) is 42.4. The Morgan fingerprint density at radius 2 is 1.79 bits per heavy atom. The zero-order valence-electron chi connectivity index (χ0n) is 33.2. The molecule has 3 aliphatic heterocycles. The number of piperazine rings is 1. The molecule has 5 aromatic rings. The Balaban J connectivity index is 0.992. The summed E-state index contributed by atoms with van der Waals surface area (Å²) in [5.74, 6) is -0.888. The molecule has 10 rings (SSSR count). The minimum Gasteiger partial charge on any atom is -0.504 e. The van der Waals surface area contributed by atoms with Gasteiger partial charge in [-0.15, -0.1) is 5.10 Å². The lowest BCUT2D eigenvalue weighted by molar-refractivity contribution is -0.137. The van der Waals surface area contributed by atoms with Gasteiger partial charge in [0.2, 0.25) is 11.7 Å². The molecule has 6 heterocycles. The molecule has 2 aliphatic carbocycles. The van der Waals surface area contributed by atoms with Crippen molar-refractivity contribution >= 4 is 40.6 Å². The third kappa shape index (κ3) is 6.61. The molecular formula is C42H42ClF3N10O5. The fourth-order valence-corrected chi connectivity index (χ4v) is 10.4. The molecule has 3 saturated heterocycles. The number of aromatic hydroxyl groups is 1. The first-order valence-corrected chi connectivity index (χ1v) is 20.9. The average Bonchev–Trinajstić information content (AvgIpc) is 3.82. The van der Waals surface area contributed by atoms with E-state index in [-0.39, 0.29) is 57.8 Å². The Labute approximate surface area is 352 Å². The largest absolute Gasteiger partial charge is 0.504 e. The number of aryl methyl sites for hydroxylation is 1. The summed E-state index contributed by atoms with van der Waals surface area (Å²) in [6.07, 6.45) is -0.408. The summed E-state index contributed by atoms with van der Waals surface area (Å²) in [4.78, 5) is 62.0. The van der Waals surface area contributed by atoms with Crippen LogP contribution < -0.4 is 15.8 Å². The van der Waals surface area contributed by atoms with E-state index >= 15 is 0 Å². The van der Waals surface area contributed by atoms with Gasteiger partial charge in [-0.3, -0.25) is 19.3 Å². The number of fused-ring (bicyclic) bond motifs is 5. The summed E-state index contributed by atoms with van der Waals surface area (Å²) in [5.41, 5.74) is 1.21. The monoisotopic (exact) mass is 858 g/mol. The van der Waals surface area contributed by atoms with Crippen LogP contribution in [0.2, 0.25) is 5.02 Å². The van der Waals surface area contributed by atoms with E-state index in [0.717, 1.165) is 69.7 Å². The lowest BCUT2D eigenvalue weighted by Gasteiger charge is -2.57. The zero-order valence-corrected chi connectivity index (χ0v) is 33.9. The van der Waals surface area contributed by atoms with Crippen LogP contribution in [0, 0.1) is 12.8 Å². The fourth-order valence-electron chi connectivity index (χ4n) is 10.1. The van der Waals surface area contributed by atoms with Crippen molar-refractivity contribution in [3.8, 4) is 17.1 Å². The Bertz CT molecular complexity index is 2640.